The number of aromatic nitrogens is 2. The highest BCUT2D eigenvalue weighted by Crippen LogP contribution is 2.26. The first-order valence-electron chi connectivity index (χ1n) is 6.86. The van der Waals surface area contributed by atoms with Crippen LogP contribution in [-0.2, 0) is 5.75 Å². The Bertz CT molecular complexity index is 855. The third-order valence-electron chi connectivity index (χ3n) is 3.24. The van der Waals surface area contributed by atoms with Crippen molar-refractivity contribution in [3.05, 3.63) is 59.7 Å². The summed E-state index contributed by atoms with van der Waals surface area (Å²) < 4.78 is 0. The molecule has 0 fully saturated rings. The van der Waals surface area contributed by atoms with Gasteiger partial charge in [0.25, 0.3) is 0 Å². The minimum atomic E-state index is 0.674. The highest BCUT2D eigenvalue weighted by atomic mass is 32.2. The van der Waals surface area contributed by atoms with Crippen LogP contribution in [0.25, 0.3) is 10.9 Å². The molecular formula is C17H14N4S. The number of hydrogen-bond acceptors (Lipinski definition) is 5. The third-order valence-corrected chi connectivity index (χ3v) is 4.16. The first-order valence-corrected chi connectivity index (χ1v) is 7.85. The number of nitrogens with one attached hydrogen (secondary N) is 1. The largest absolute Gasteiger partial charge is 0.372 e. The summed E-state index contributed by atoms with van der Waals surface area (Å²) in [4.78, 5) is 9.14. The lowest BCUT2D eigenvalue weighted by Gasteiger charge is -2.07. The average Bonchev–Trinajstić information content (AvgIpc) is 2.59. The van der Waals surface area contributed by atoms with Gasteiger partial charge in [-0.2, -0.15) is 5.26 Å². The molecule has 3 aromatic rings. The molecule has 0 saturated heterocycles. The molecule has 0 saturated carbocycles. The van der Waals surface area contributed by atoms with Gasteiger partial charge >= 0.3 is 0 Å². The Labute approximate surface area is 133 Å². The summed E-state index contributed by atoms with van der Waals surface area (Å²) in [6.45, 7) is 0. The second kappa shape index (κ2) is 6.46. The van der Waals surface area contributed by atoms with Gasteiger partial charge in [0.15, 0.2) is 5.16 Å². The van der Waals surface area contributed by atoms with E-state index in [0.717, 1.165) is 33.2 Å². The molecule has 5 heteroatoms. The van der Waals surface area contributed by atoms with E-state index in [4.69, 9.17) is 5.26 Å². The molecule has 0 aliphatic heterocycles. The molecule has 0 spiro atoms. The molecule has 0 atom stereocenters. The summed E-state index contributed by atoms with van der Waals surface area (Å²) in [7, 11) is 1.86. The predicted octanol–water partition coefficient (Wildman–Crippen LogP) is 3.84. The molecule has 1 N–H and O–H groups in total. The Morgan fingerprint density at radius 3 is 2.82 bits per heavy atom. The summed E-state index contributed by atoms with van der Waals surface area (Å²) in [6.07, 6.45) is 0. The van der Waals surface area contributed by atoms with Gasteiger partial charge in [0.1, 0.15) is 5.82 Å². The van der Waals surface area contributed by atoms with Crippen molar-refractivity contribution in [2.45, 2.75) is 10.9 Å². The molecule has 1 aromatic heterocycles. The quantitative estimate of drug-likeness (QED) is 0.586. The van der Waals surface area contributed by atoms with Crippen molar-refractivity contribution in [3.8, 4) is 6.07 Å². The standard InChI is InChI=1S/C17H14N4S/c1-19-16-14-7-2-3-8-15(14)20-17(21-16)22-11-13-6-4-5-12(9-13)10-18/h2-9H,11H2,1H3,(H,19,20,21). The lowest BCUT2D eigenvalue weighted by molar-refractivity contribution is 1.00. The van der Waals surface area contributed by atoms with Crippen LogP contribution in [0.3, 0.4) is 0 Å². The van der Waals surface area contributed by atoms with Crippen LogP contribution in [0.2, 0.25) is 0 Å². The summed E-state index contributed by atoms with van der Waals surface area (Å²) in [5, 5.41) is 13.8. The van der Waals surface area contributed by atoms with Gasteiger partial charge in [-0.05, 0) is 29.8 Å². The number of anilines is 1. The minimum absolute atomic E-state index is 0.674. The van der Waals surface area contributed by atoms with E-state index in [2.05, 4.69) is 21.4 Å². The molecule has 0 bridgehead atoms. The van der Waals surface area contributed by atoms with Crippen LogP contribution in [0.5, 0.6) is 0 Å². The zero-order valence-corrected chi connectivity index (χ0v) is 12.9. The number of benzene rings is 2. The lowest BCUT2D eigenvalue weighted by Crippen LogP contribution is -1.98. The van der Waals surface area contributed by atoms with Crippen LogP contribution >= 0.6 is 11.8 Å². The number of thioether (sulfide) groups is 1. The SMILES string of the molecule is CNc1nc(SCc2cccc(C#N)c2)nc2ccccc12. The van der Waals surface area contributed by atoms with Gasteiger partial charge < -0.3 is 5.32 Å². The van der Waals surface area contributed by atoms with Crippen LogP contribution in [0, 0.1) is 11.3 Å². The normalized spacial score (nSPS) is 10.4. The molecule has 0 amide bonds. The fraction of sp³-hybridized carbons (Fsp3) is 0.118. The van der Waals surface area contributed by atoms with E-state index >= 15 is 0 Å². The number of para-hydroxylation sites is 1. The van der Waals surface area contributed by atoms with E-state index in [-0.39, 0.29) is 0 Å². The molecule has 0 aliphatic rings. The van der Waals surface area contributed by atoms with Crippen molar-refractivity contribution in [3.63, 3.8) is 0 Å². The molecule has 3 rings (SSSR count). The van der Waals surface area contributed by atoms with Crippen molar-refractivity contribution in [2.75, 3.05) is 12.4 Å². The topological polar surface area (TPSA) is 61.6 Å². The van der Waals surface area contributed by atoms with E-state index in [1.807, 2.05) is 49.5 Å². The second-order valence-electron chi connectivity index (χ2n) is 4.72. The van der Waals surface area contributed by atoms with Crippen molar-refractivity contribution >= 4 is 28.5 Å². The van der Waals surface area contributed by atoms with E-state index < -0.39 is 0 Å². The maximum Gasteiger partial charge on any atom is 0.190 e. The monoisotopic (exact) mass is 306 g/mol. The Balaban J connectivity index is 1.86. The molecule has 0 aliphatic carbocycles. The highest BCUT2D eigenvalue weighted by Gasteiger charge is 2.07. The molecule has 108 valence electrons. The first kappa shape index (κ1) is 14.4. The maximum absolute atomic E-state index is 8.94. The molecule has 2 aromatic carbocycles. The predicted molar refractivity (Wildman–Crippen MR) is 89.8 cm³/mol. The van der Waals surface area contributed by atoms with Gasteiger partial charge in [0.2, 0.25) is 0 Å². The van der Waals surface area contributed by atoms with Gasteiger partial charge in [-0.3, -0.25) is 0 Å². The fourth-order valence-corrected chi connectivity index (χ4v) is 2.98. The zero-order chi connectivity index (χ0) is 15.4. The zero-order valence-electron chi connectivity index (χ0n) is 12.1. The van der Waals surface area contributed by atoms with Crippen LogP contribution < -0.4 is 5.32 Å². The summed E-state index contributed by atoms with van der Waals surface area (Å²) in [5.74, 6) is 1.57. The smallest absolute Gasteiger partial charge is 0.190 e. The maximum atomic E-state index is 8.94. The van der Waals surface area contributed by atoms with Crippen molar-refractivity contribution in [1.29, 1.82) is 5.26 Å². The Morgan fingerprint density at radius 2 is 2.00 bits per heavy atom. The molecule has 1 heterocycles. The summed E-state index contributed by atoms with van der Waals surface area (Å²) >= 11 is 1.57. The first-order chi connectivity index (χ1) is 10.8. The van der Waals surface area contributed by atoms with Gasteiger partial charge in [-0.25, -0.2) is 9.97 Å². The Kier molecular flexibility index (Phi) is 4.22. The lowest BCUT2D eigenvalue weighted by atomic mass is 10.2. The van der Waals surface area contributed by atoms with Crippen LogP contribution in [-0.4, -0.2) is 17.0 Å². The summed E-state index contributed by atoms with van der Waals surface area (Å²) in [5.41, 5.74) is 2.69. The van der Waals surface area contributed by atoms with Crippen molar-refractivity contribution in [1.82, 2.24) is 9.97 Å². The molecule has 22 heavy (non-hydrogen) atoms. The van der Waals surface area contributed by atoms with Crippen LogP contribution in [0.15, 0.2) is 53.7 Å². The number of nitrogens with zero attached hydrogens (tertiary/aromatic N) is 3. The molecule has 4 nitrogen and oxygen atoms in total. The number of hydrogen-bond donors (Lipinski definition) is 1. The van der Waals surface area contributed by atoms with Gasteiger partial charge in [-0.1, -0.05) is 36.0 Å². The minimum Gasteiger partial charge on any atom is -0.372 e. The van der Waals surface area contributed by atoms with Gasteiger partial charge in [0.05, 0.1) is 17.1 Å². The summed E-state index contributed by atoms with van der Waals surface area (Å²) in [6, 6.07) is 17.7. The Hall–Kier alpha value is -2.58. The van der Waals surface area contributed by atoms with Gasteiger partial charge in [-0.15, -0.1) is 0 Å². The van der Waals surface area contributed by atoms with Crippen molar-refractivity contribution < 1.29 is 0 Å². The van der Waals surface area contributed by atoms with Crippen LogP contribution in [0.4, 0.5) is 5.82 Å². The number of nitriles is 1. The van der Waals surface area contributed by atoms with Gasteiger partial charge in [0, 0.05) is 18.2 Å². The molecule has 0 radical (unpaired) electrons. The number of fused-ring (bicyclic) bond motifs is 1. The highest BCUT2D eigenvalue weighted by molar-refractivity contribution is 7.98. The van der Waals surface area contributed by atoms with E-state index in [0.29, 0.717) is 5.56 Å². The second-order valence-corrected chi connectivity index (χ2v) is 5.67. The average molecular weight is 306 g/mol. The van der Waals surface area contributed by atoms with Crippen LogP contribution in [0.1, 0.15) is 11.1 Å². The fourth-order valence-electron chi connectivity index (χ4n) is 2.19. The third kappa shape index (κ3) is 3.02. The molecule has 0 unspecified atom stereocenters. The van der Waals surface area contributed by atoms with Crippen molar-refractivity contribution in [2.24, 2.45) is 0 Å². The number of rotatable bonds is 4. The molecular weight excluding hydrogens is 292 g/mol. The van der Waals surface area contributed by atoms with E-state index in [9.17, 15) is 0 Å². The van der Waals surface area contributed by atoms with E-state index in [1.54, 1.807) is 17.8 Å². The Morgan fingerprint density at radius 1 is 1.14 bits per heavy atom. The van der Waals surface area contributed by atoms with E-state index in [1.165, 1.54) is 0 Å².